The third-order valence-corrected chi connectivity index (χ3v) is 6.44. The van der Waals surface area contributed by atoms with Crippen molar-refractivity contribution in [1.82, 2.24) is 0 Å². The van der Waals surface area contributed by atoms with E-state index in [9.17, 15) is 17.6 Å². The molecule has 0 saturated heterocycles. The van der Waals surface area contributed by atoms with E-state index in [1.54, 1.807) is 36.4 Å². The Bertz CT molecular complexity index is 1110. The molecular formula is C27H24F4. The first kappa shape index (κ1) is 21.4. The number of hydrogen-bond donors (Lipinski definition) is 0. The maximum atomic E-state index is 14.9. The predicted molar refractivity (Wildman–Crippen MR) is 117 cm³/mol. The second kappa shape index (κ2) is 8.70. The Morgan fingerprint density at radius 3 is 1.74 bits per heavy atom. The van der Waals surface area contributed by atoms with Gasteiger partial charge in [-0.1, -0.05) is 54.6 Å². The van der Waals surface area contributed by atoms with Gasteiger partial charge in [-0.25, -0.2) is 17.6 Å². The number of allylic oxidation sites excluding steroid dienone is 1. The zero-order chi connectivity index (χ0) is 22.1. The van der Waals surface area contributed by atoms with Crippen LogP contribution in [-0.4, -0.2) is 0 Å². The number of hydrogen-bond acceptors (Lipinski definition) is 0. The van der Waals surface area contributed by atoms with E-state index in [2.05, 4.69) is 6.58 Å². The molecule has 0 spiro atoms. The van der Waals surface area contributed by atoms with Gasteiger partial charge in [-0.15, -0.1) is 6.58 Å². The molecule has 0 heterocycles. The smallest absolute Gasteiger partial charge is 0.166 e. The maximum absolute atomic E-state index is 14.9. The van der Waals surface area contributed by atoms with Gasteiger partial charge in [0.25, 0.3) is 0 Å². The van der Waals surface area contributed by atoms with Crippen molar-refractivity contribution in [3.8, 4) is 22.3 Å². The van der Waals surface area contributed by atoms with Crippen LogP contribution < -0.4 is 0 Å². The Kier molecular flexibility index (Phi) is 5.99. The van der Waals surface area contributed by atoms with Crippen molar-refractivity contribution in [2.24, 2.45) is 5.92 Å². The van der Waals surface area contributed by atoms with E-state index >= 15 is 0 Å². The van der Waals surface area contributed by atoms with Crippen LogP contribution in [0.4, 0.5) is 17.6 Å². The topological polar surface area (TPSA) is 0 Å². The van der Waals surface area contributed by atoms with Crippen LogP contribution in [0.1, 0.15) is 42.7 Å². The molecule has 3 aromatic rings. The van der Waals surface area contributed by atoms with Gasteiger partial charge >= 0.3 is 0 Å². The van der Waals surface area contributed by atoms with Gasteiger partial charge in [0, 0.05) is 11.1 Å². The molecule has 4 heteroatoms. The van der Waals surface area contributed by atoms with Gasteiger partial charge in [-0.2, -0.15) is 0 Å². The van der Waals surface area contributed by atoms with Crippen molar-refractivity contribution >= 4 is 0 Å². The third kappa shape index (κ3) is 4.04. The van der Waals surface area contributed by atoms with Crippen LogP contribution in [0.15, 0.2) is 61.2 Å². The van der Waals surface area contributed by atoms with Crippen LogP contribution in [0.3, 0.4) is 0 Å². The molecule has 0 aliphatic heterocycles. The van der Waals surface area contributed by atoms with E-state index in [4.69, 9.17) is 0 Å². The summed E-state index contributed by atoms with van der Waals surface area (Å²) in [6.07, 6.45) is 5.46. The van der Waals surface area contributed by atoms with E-state index in [0.29, 0.717) is 22.6 Å². The molecule has 0 radical (unpaired) electrons. The Morgan fingerprint density at radius 2 is 1.19 bits per heavy atom. The molecule has 1 saturated carbocycles. The summed E-state index contributed by atoms with van der Waals surface area (Å²) in [5, 5.41) is 0. The maximum Gasteiger partial charge on any atom is 0.166 e. The van der Waals surface area contributed by atoms with Crippen LogP contribution in [0.2, 0.25) is 0 Å². The lowest BCUT2D eigenvalue weighted by Crippen LogP contribution is -2.13. The molecule has 0 amide bonds. The summed E-state index contributed by atoms with van der Waals surface area (Å²) < 4.78 is 58.0. The molecule has 0 bridgehead atoms. The number of halogens is 4. The zero-order valence-corrected chi connectivity index (χ0v) is 17.4. The Balaban J connectivity index is 1.61. The average Bonchev–Trinajstić information content (AvgIpc) is 2.80. The second-order valence-electron chi connectivity index (χ2n) is 8.31. The van der Waals surface area contributed by atoms with Crippen molar-refractivity contribution < 1.29 is 17.6 Å². The number of rotatable bonds is 4. The second-order valence-corrected chi connectivity index (χ2v) is 8.31. The Hall–Kier alpha value is -2.88. The lowest BCUT2D eigenvalue weighted by molar-refractivity contribution is 0.364. The minimum Gasteiger partial charge on any atom is -0.203 e. The molecule has 1 aliphatic carbocycles. The highest BCUT2D eigenvalue weighted by molar-refractivity contribution is 5.71. The lowest BCUT2D eigenvalue weighted by atomic mass is 9.78. The van der Waals surface area contributed by atoms with Crippen molar-refractivity contribution in [3.63, 3.8) is 0 Å². The first-order chi connectivity index (χ1) is 14.9. The van der Waals surface area contributed by atoms with Gasteiger partial charge in [-0.3, -0.25) is 0 Å². The lowest BCUT2D eigenvalue weighted by Gasteiger charge is -2.27. The van der Waals surface area contributed by atoms with E-state index in [-0.39, 0.29) is 22.6 Å². The molecule has 0 unspecified atom stereocenters. The minimum absolute atomic E-state index is 0.0153. The summed E-state index contributed by atoms with van der Waals surface area (Å²) in [6.45, 7) is 5.32. The predicted octanol–water partition coefficient (Wildman–Crippen LogP) is 8.35. The summed E-state index contributed by atoms with van der Waals surface area (Å²) in [7, 11) is 0. The van der Waals surface area contributed by atoms with Gasteiger partial charge < -0.3 is 0 Å². The molecule has 1 aliphatic rings. The summed E-state index contributed by atoms with van der Waals surface area (Å²) in [4.78, 5) is 0. The monoisotopic (exact) mass is 424 g/mol. The average molecular weight is 424 g/mol. The van der Waals surface area contributed by atoms with Crippen molar-refractivity contribution in [2.75, 3.05) is 0 Å². The molecule has 0 nitrogen and oxygen atoms in total. The molecule has 0 N–H and O–H groups in total. The van der Waals surface area contributed by atoms with Crippen LogP contribution in [0.25, 0.3) is 22.3 Å². The molecule has 4 rings (SSSR count). The first-order valence-electron chi connectivity index (χ1n) is 10.6. The van der Waals surface area contributed by atoms with Gasteiger partial charge in [0.15, 0.2) is 23.3 Å². The Labute approximate surface area is 180 Å². The standard InChI is InChI=1S/C27H24F4/c1-3-17-5-7-18(8-6-17)22-14-15-23(27(31)26(22)30)20-11-9-19(10-12-20)21-13-4-16(2)24(28)25(21)29/h3-4,9-15,17-18H,1,5-8H2,2H3. The van der Waals surface area contributed by atoms with Crippen molar-refractivity contribution in [1.29, 1.82) is 0 Å². The quantitative estimate of drug-likeness (QED) is 0.292. The van der Waals surface area contributed by atoms with Crippen molar-refractivity contribution in [2.45, 2.75) is 38.5 Å². The molecule has 0 aromatic heterocycles. The highest BCUT2D eigenvalue weighted by Gasteiger charge is 2.25. The first-order valence-corrected chi connectivity index (χ1v) is 10.6. The summed E-state index contributed by atoms with van der Waals surface area (Å²) in [6, 6.07) is 12.7. The van der Waals surface area contributed by atoms with Crippen LogP contribution >= 0.6 is 0 Å². The molecule has 31 heavy (non-hydrogen) atoms. The fourth-order valence-electron chi connectivity index (χ4n) is 4.47. The summed E-state index contributed by atoms with van der Waals surface area (Å²) in [5.41, 5.74) is 1.90. The van der Waals surface area contributed by atoms with Gasteiger partial charge in [-0.05, 0) is 66.7 Å². The zero-order valence-electron chi connectivity index (χ0n) is 17.4. The van der Waals surface area contributed by atoms with Crippen LogP contribution in [0, 0.1) is 36.1 Å². The molecule has 0 atom stereocenters. The van der Waals surface area contributed by atoms with Crippen LogP contribution in [-0.2, 0) is 0 Å². The van der Waals surface area contributed by atoms with E-state index in [0.717, 1.165) is 25.7 Å². The fourth-order valence-corrected chi connectivity index (χ4v) is 4.47. The number of benzene rings is 3. The normalized spacial score (nSPS) is 18.7. The van der Waals surface area contributed by atoms with Crippen molar-refractivity contribution in [3.05, 3.63) is 95.6 Å². The van der Waals surface area contributed by atoms with E-state index in [1.807, 2.05) is 6.08 Å². The third-order valence-electron chi connectivity index (χ3n) is 6.44. The van der Waals surface area contributed by atoms with Gasteiger partial charge in [0.05, 0.1) is 0 Å². The highest BCUT2D eigenvalue weighted by Crippen LogP contribution is 2.39. The molecule has 1 fully saturated rings. The Morgan fingerprint density at radius 1 is 0.677 bits per heavy atom. The fraction of sp³-hybridized carbons (Fsp3) is 0.259. The highest BCUT2D eigenvalue weighted by atomic mass is 19.2. The van der Waals surface area contributed by atoms with Crippen LogP contribution in [0.5, 0.6) is 0 Å². The minimum atomic E-state index is -0.916. The molecular weight excluding hydrogens is 400 g/mol. The largest absolute Gasteiger partial charge is 0.203 e. The SMILES string of the molecule is C=CC1CCC(c2ccc(-c3ccc(-c4ccc(C)c(F)c4F)cc3)c(F)c2F)CC1. The summed E-state index contributed by atoms with van der Waals surface area (Å²) >= 11 is 0. The van der Waals surface area contributed by atoms with E-state index in [1.165, 1.54) is 19.1 Å². The molecule has 160 valence electrons. The van der Waals surface area contributed by atoms with E-state index < -0.39 is 23.3 Å². The molecule has 3 aromatic carbocycles. The summed E-state index contributed by atoms with van der Waals surface area (Å²) in [5.74, 6) is -3.00. The van der Waals surface area contributed by atoms with Gasteiger partial charge in [0.2, 0.25) is 0 Å². The number of aryl methyl sites for hydroxylation is 1. The van der Waals surface area contributed by atoms with Gasteiger partial charge in [0.1, 0.15) is 0 Å².